The van der Waals surface area contributed by atoms with Crippen LogP contribution in [0.2, 0.25) is 0 Å². The third kappa shape index (κ3) is 1.09. The smallest absolute Gasteiger partial charge is 0.258 e. The van der Waals surface area contributed by atoms with Gasteiger partial charge in [-0.25, -0.2) is 0 Å². The minimum Gasteiger partial charge on any atom is -0.288 e. The van der Waals surface area contributed by atoms with Gasteiger partial charge in [-0.15, -0.1) is 0 Å². The molecule has 3 heteroatoms. The molecule has 2 aromatic rings. The Kier molecular flexibility index (Phi) is 1.74. The van der Waals surface area contributed by atoms with E-state index in [1.165, 1.54) is 11.1 Å². The van der Waals surface area contributed by atoms with E-state index in [1.54, 1.807) is 0 Å². The van der Waals surface area contributed by atoms with Crippen molar-refractivity contribution in [2.75, 3.05) is 0 Å². The third-order valence-corrected chi connectivity index (χ3v) is 3.94. The fraction of sp³-hybridized carbons (Fsp3) is 0.200. The molecule has 0 saturated heterocycles. The van der Waals surface area contributed by atoms with Crippen molar-refractivity contribution in [2.24, 2.45) is 0 Å². The lowest BCUT2D eigenvalue weighted by atomic mass is 9.83. The van der Waals surface area contributed by atoms with Crippen LogP contribution in [-0.4, -0.2) is 11.8 Å². The molecule has 88 valence electrons. The SMILES string of the molecule is O=C1NC(=O)c2ccc3c4c(ccc1c24)CCC3. The van der Waals surface area contributed by atoms with Gasteiger partial charge in [-0.3, -0.25) is 14.9 Å². The average Bonchev–Trinajstić information content (AvgIpc) is 2.38. The minimum atomic E-state index is -0.276. The van der Waals surface area contributed by atoms with Crippen LogP contribution in [0.5, 0.6) is 0 Å². The Morgan fingerprint density at radius 1 is 0.778 bits per heavy atom. The molecule has 0 aromatic heterocycles. The fourth-order valence-corrected chi connectivity index (χ4v) is 3.15. The van der Waals surface area contributed by atoms with Crippen LogP contribution < -0.4 is 5.32 Å². The van der Waals surface area contributed by atoms with Gasteiger partial charge < -0.3 is 0 Å². The van der Waals surface area contributed by atoms with Gasteiger partial charge in [0.15, 0.2) is 0 Å². The summed E-state index contributed by atoms with van der Waals surface area (Å²) < 4.78 is 0. The van der Waals surface area contributed by atoms with Crippen molar-refractivity contribution in [1.82, 2.24) is 5.32 Å². The van der Waals surface area contributed by atoms with Crippen LogP contribution in [0.25, 0.3) is 10.8 Å². The molecule has 0 spiro atoms. The van der Waals surface area contributed by atoms with E-state index >= 15 is 0 Å². The lowest BCUT2D eigenvalue weighted by molar-refractivity contribution is 0.0845. The predicted molar refractivity (Wildman–Crippen MR) is 67.8 cm³/mol. The molecule has 2 aromatic carbocycles. The summed E-state index contributed by atoms with van der Waals surface area (Å²) in [6.07, 6.45) is 3.20. The molecule has 4 rings (SSSR count). The summed E-state index contributed by atoms with van der Waals surface area (Å²) in [5, 5.41) is 4.39. The number of nitrogens with one attached hydrogen (secondary N) is 1. The van der Waals surface area contributed by atoms with Crippen molar-refractivity contribution in [3.05, 3.63) is 46.5 Å². The van der Waals surface area contributed by atoms with Crippen molar-refractivity contribution in [3.63, 3.8) is 0 Å². The molecule has 2 amide bonds. The second-order valence-electron chi connectivity index (χ2n) is 4.93. The molecule has 0 bridgehead atoms. The Balaban J connectivity index is 2.25. The van der Waals surface area contributed by atoms with Gasteiger partial charge in [-0.05, 0) is 47.9 Å². The fourth-order valence-electron chi connectivity index (χ4n) is 3.15. The first kappa shape index (κ1) is 9.83. The maximum absolute atomic E-state index is 11.9. The first-order valence-electron chi connectivity index (χ1n) is 6.19. The molecular weight excluding hydrogens is 226 g/mol. The van der Waals surface area contributed by atoms with E-state index in [2.05, 4.69) is 5.32 Å². The topological polar surface area (TPSA) is 46.2 Å². The van der Waals surface area contributed by atoms with Gasteiger partial charge in [0.05, 0.1) is 0 Å². The molecule has 0 atom stereocenters. The van der Waals surface area contributed by atoms with Crippen LogP contribution in [0.3, 0.4) is 0 Å². The van der Waals surface area contributed by atoms with Crippen molar-refractivity contribution in [1.29, 1.82) is 0 Å². The normalized spacial score (nSPS) is 16.9. The largest absolute Gasteiger partial charge is 0.288 e. The predicted octanol–water partition coefficient (Wildman–Crippen LogP) is 2.21. The molecule has 18 heavy (non-hydrogen) atoms. The summed E-state index contributed by atoms with van der Waals surface area (Å²) >= 11 is 0. The van der Waals surface area contributed by atoms with Crippen LogP contribution in [-0.2, 0) is 12.8 Å². The minimum absolute atomic E-state index is 0.276. The number of aryl methyl sites for hydroxylation is 2. The van der Waals surface area contributed by atoms with Gasteiger partial charge in [0.1, 0.15) is 0 Å². The molecule has 3 nitrogen and oxygen atoms in total. The highest BCUT2D eigenvalue weighted by Crippen LogP contribution is 2.35. The number of carbonyl (C=O) groups excluding carboxylic acids is 2. The van der Waals surface area contributed by atoms with Crippen LogP contribution in [0.4, 0.5) is 0 Å². The molecule has 0 unspecified atom stereocenters. The molecule has 1 aliphatic carbocycles. The van der Waals surface area contributed by atoms with Gasteiger partial charge >= 0.3 is 0 Å². The molecular formula is C15H11NO2. The third-order valence-electron chi connectivity index (χ3n) is 3.94. The summed E-state index contributed by atoms with van der Waals surface area (Å²) in [4.78, 5) is 23.8. The van der Waals surface area contributed by atoms with Crippen LogP contribution in [0.1, 0.15) is 38.3 Å². The molecule has 0 saturated carbocycles. The van der Waals surface area contributed by atoms with E-state index in [0.717, 1.165) is 30.0 Å². The Hall–Kier alpha value is -2.16. The molecule has 0 radical (unpaired) electrons. The van der Waals surface area contributed by atoms with Crippen molar-refractivity contribution in [2.45, 2.75) is 19.3 Å². The second-order valence-corrected chi connectivity index (χ2v) is 4.93. The number of amides is 2. The number of rotatable bonds is 0. The molecule has 1 aliphatic heterocycles. The molecule has 1 N–H and O–H groups in total. The van der Waals surface area contributed by atoms with Gasteiger partial charge in [-0.2, -0.15) is 0 Å². The number of benzene rings is 2. The zero-order chi connectivity index (χ0) is 12.3. The van der Waals surface area contributed by atoms with Crippen LogP contribution in [0.15, 0.2) is 24.3 Å². The van der Waals surface area contributed by atoms with E-state index in [9.17, 15) is 9.59 Å². The summed E-state index contributed by atoms with van der Waals surface area (Å²) in [5.74, 6) is -0.552. The van der Waals surface area contributed by atoms with Crippen LogP contribution in [0, 0.1) is 0 Å². The van der Waals surface area contributed by atoms with E-state index in [1.807, 2.05) is 24.3 Å². The molecule has 2 aliphatic rings. The lowest BCUT2D eigenvalue weighted by Crippen LogP contribution is -2.35. The monoisotopic (exact) mass is 237 g/mol. The first-order valence-corrected chi connectivity index (χ1v) is 6.19. The quantitative estimate of drug-likeness (QED) is 0.714. The Bertz CT molecular complexity index is 674. The summed E-state index contributed by atoms with van der Waals surface area (Å²) in [7, 11) is 0. The van der Waals surface area contributed by atoms with Crippen molar-refractivity contribution >= 4 is 22.6 Å². The van der Waals surface area contributed by atoms with E-state index in [-0.39, 0.29) is 11.8 Å². The van der Waals surface area contributed by atoms with Gasteiger partial charge in [0, 0.05) is 16.5 Å². The Labute approximate surface area is 104 Å². The maximum atomic E-state index is 11.9. The molecule has 1 heterocycles. The zero-order valence-corrected chi connectivity index (χ0v) is 9.75. The lowest BCUT2D eigenvalue weighted by Gasteiger charge is -2.23. The Morgan fingerprint density at radius 2 is 1.33 bits per heavy atom. The van der Waals surface area contributed by atoms with Crippen molar-refractivity contribution in [3.8, 4) is 0 Å². The van der Waals surface area contributed by atoms with Gasteiger partial charge in [-0.1, -0.05) is 12.1 Å². The number of hydrogen-bond donors (Lipinski definition) is 1. The van der Waals surface area contributed by atoms with Crippen LogP contribution >= 0.6 is 0 Å². The highest BCUT2D eigenvalue weighted by molar-refractivity contribution is 6.26. The van der Waals surface area contributed by atoms with E-state index in [0.29, 0.717) is 11.1 Å². The molecule has 0 fully saturated rings. The van der Waals surface area contributed by atoms with E-state index in [4.69, 9.17) is 0 Å². The summed E-state index contributed by atoms with van der Waals surface area (Å²) in [6.45, 7) is 0. The summed E-state index contributed by atoms with van der Waals surface area (Å²) in [5.41, 5.74) is 3.79. The highest BCUT2D eigenvalue weighted by atomic mass is 16.2. The number of carbonyl (C=O) groups is 2. The van der Waals surface area contributed by atoms with Crippen molar-refractivity contribution < 1.29 is 9.59 Å². The first-order chi connectivity index (χ1) is 8.75. The maximum Gasteiger partial charge on any atom is 0.258 e. The van der Waals surface area contributed by atoms with Gasteiger partial charge in [0.2, 0.25) is 0 Å². The second kappa shape index (κ2) is 3.19. The highest BCUT2D eigenvalue weighted by Gasteiger charge is 2.27. The standard InChI is InChI=1S/C15H11NO2/c17-14-10-6-4-8-2-1-3-9-5-7-11(15(18)16-14)13(10)12(8)9/h4-7H,1-3H2,(H,16,17,18). The van der Waals surface area contributed by atoms with Gasteiger partial charge in [0.25, 0.3) is 11.8 Å². The number of hydrogen-bond acceptors (Lipinski definition) is 2. The zero-order valence-electron chi connectivity index (χ0n) is 9.75. The summed E-state index contributed by atoms with van der Waals surface area (Å²) in [6, 6.07) is 7.75. The number of imide groups is 1. The Morgan fingerprint density at radius 3 is 1.89 bits per heavy atom. The average molecular weight is 237 g/mol. The van der Waals surface area contributed by atoms with E-state index < -0.39 is 0 Å².